The molecule has 0 atom stereocenters. The van der Waals surface area contributed by atoms with Crippen LogP contribution in [0.25, 0.3) is 0 Å². The van der Waals surface area contributed by atoms with E-state index in [0.29, 0.717) is 24.9 Å². The zero-order chi connectivity index (χ0) is 22.0. The maximum absolute atomic E-state index is 11.9. The quantitative estimate of drug-likeness (QED) is 0.363. The van der Waals surface area contributed by atoms with Crippen molar-refractivity contribution in [3.63, 3.8) is 0 Å². The summed E-state index contributed by atoms with van der Waals surface area (Å²) in [5.41, 5.74) is -0.403. The van der Waals surface area contributed by atoms with E-state index in [1.165, 1.54) is 12.1 Å². The Labute approximate surface area is 170 Å². The molecule has 4 N–H and O–H groups in total. The van der Waals surface area contributed by atoms with E-state index in [4.69, 9.17) is 4.74 Å². The minimum Gasteiger partial charge on any atom is -0.507 e. The molecule has 2 amide bonds. The Morgan fingerprint density at radius 2 is 1.62 bits per heavy atom. The Balaban J connectivity index is 2.28. The SMILES string of the molecule is COC(=O)c1c(O)cc(CNC(=O)CCCCCNC(=O)OC(C)(C)C)cc1O. The van der Waals surface area contributed by atoms with Gasteiger partial charge >= 0.3 is 12.1 Å². The first-order chi connectivity index (χ1) is 13.5. The summed E-state index contributed by atoms with van der Waals surface area (Å²) >= 11 is 0. The highest BCUT2D eigenvalue weighted by molar-refractivity contribution is 5.95. The number of carbonyl (C=O) groups excluding carboxylic acids is 3. The monoisotopic (exact) mass is 410 g/mol. The molecule has 9 nitrogen and oxygen atoms in total. The van der Waals surface area contributed by atoms with Crippen molar-refractivity contribution in [1.82, 2.24) is 10.6 Å². The average Bonchev–Trinajstić information content (AvgIpc) is 2.60. The summed E-state index contributed by atoms with van der Waals surface area (Å²) in [4.78, 5) is 34.9. The summed E-state index contributed by atoms with van der Waals surface area (Å²) in [6.45, 7) is 5.95. The van der Waals surface area contributed by atoms with Gasteiger partial charge in [-0.3, -0.25) is 4.79 Å². The van der Waals surface area contributed by atoms with Gasteiger partial charge in [0, 0.05) is 19.5 Å². The first-order valence-electron chi connectivity index (χ1n) is 9.40. The summed E-state index contributed by atoms with van der Waals surface area (Å²) < 4.78 is 9.61. The maximum atomic E-state index is 11.9. The lowest BCUT2D eigenvalue weighted by molar-refractivity contribution is -0.121. The minimum absolute atomic E-state index is 0.0988. The number of hydrogen-bond acceptors (Lipinski definition) is 7. The topological polar surface area (TPSA) is 134 Å². The van der Waals surface area contributed by atoms with Crippen molar-refractivity contribution in [2.45, 2.75) is 58.6 Å². The Morgan fingerprint density at radius 3 is 2.17 bits per heavy atom. The number of rotatable bonds is 9. The molecule has 9 heteroatoms. The third-order valence-corrected chi connectivity index (χ3v) is 3.78. The number of esters is 1. The van der Waals surface area contributed by atoms with Crippen LogP contribution >= 0.6 is 0 Å². The molecule has 0 saturated carbocycles. The third-order valence-electron chi connectivity index (χ3n) is 3.78. The molecule has 0 aliphatic carbocycles. The Hall–Kier alpha value is -2.97. The zero-order valence-electron chi connectivity index (χ0n) is 17.3. The number of methoxy groups -OCH3 is 1. The van der Waals surface area contributed by atoms with Gasteiger partial charge in [-0.25, -0.2) is 9.59 Å². The predicted octanol–water partition coefficient (Wildman–Crippen LogP) is 2.59. The van der Waals surface area contributed by atoms with Crippen LogP contribution in [0.4, 0.5) is 4.79 Å². The molecular weight excluding hydrogens is 380 g/mol. The van der Waals surface area contributed by atoms with Crippen LogP contribution in [0.2, 0.25) is 0 Å². The van der Waals surface area contributed by atoms with Gasteiger partial charge in [0.15, 0.2) is 0 Å². The second kappa shape index (κ2) is 11.1. The number of amides is 2. The molecule has 1 aromatic carbocycles. The van der Waals surface area contributed by atoms with E-state index < -0.39 is 29.2 Å². The smallest absolute Gasteiger partial charge is 0.407 e. The molecule has 0 unspecified atom stereocenters. The fraction of sp³-hybridized carbons (Fsp3) is 0.550. The lowest BCUT2D eigenvalue weighted by Gasteiger charge is -2.19. The summed E-state index contributed by atoms with van der Waals surface area (Å²) in [7, 11) is 1.14. The second-order valence-electron chi connectivity index (χ2n) is 7.52. The first-order valence-corrected chi connectivity index (χ1v) is 9.40. The lowest BCUT2D eigenvalue weighted by atomic mass is 10.1. The largest absolute Gasteiger partial charge is 0.507 e. The van der Waals surface area contributed by atoms with Crippen LogP contribution in [0.15, 0.2) is 12.1 Å². The van der Waals surface area contributed by atoms with Gasteiger partial charge in [-0.1, -0.05) is 6.42 Å². The van der Waals surface area contributed by atoms with Crippen LogP contribution in [0.1, 0.15) is 62.4 Å². The fourth-order valence-corrected chi connectivity index (χ4v) is 2.46. The Kier molecular flexibility index (Phi) is 9.24. The van der Waals surface area contributed by atoms with Crippen LogP contribution in [0, 0.1) is 0 Å². The normalized spacial score (nSPS) is 10.9. The molecule has 0 radical (unpaired) electrons. The van der Waals surface area contributed by atoms with Crippen molar-refractivity contribution >= 4 is 18.0 Å². The van der Waals surface area contributed by atoms with Gasteiger partial charge in [-0.15, -0.1) is 0 Å². The number of unbranched alkanes of at least 4 members (excludes halogenated alkanes) is 2. The van der Waals surface area contributed by atoms with E-state index in [0.717, 1.165) is 20.0 Å². The third kappa shape index (κ3) is 9.18. The van der Waals surface area contributed by atoms with Crippen molar-refractivity contribution in [2.75, 3.05) is 13.7 Å². The molecule has 0 bridgehead atoms. The summed E-state index contributed by atoms with van der Waals surface area (Å²) in [6, 6.07) is 2.57. The molecule has 0 heterocycles. The number of hydrogen-bond donors (Lipinski definition) is 4. The summed E-state index contributed by atoms with van der Waals surface area (Å²) in [6.07, 6.45) is 1.99. The van der Waals surface area contributed by atoms with Crippen molar-refractivity contribution < 1.29 is 34.1 Å². The molecule has 0 aliphatic heterocycles. The highest BCUT2D eigenvalue weighted by Gasteiger charge is 2.18. The number of aromatic hydroxyl groups is 2. The van der Waals surface area contributed by atoms with Gasteiger partial charge in [0.25, 0.3) is 0 Å². The number of ether oxygens (including phenoxy) is 2. The van der Waals surface area contributed by atoms with Crippen LogP contribution in [0.5, 0.6) is 11.5 Å². The van der Waals surface area contributed by atoms with E-state index in [-0.39, 0.29) is 18.0 Å². The van der Waals surface area contributed by atoms with Gasteiger partial charge in [0.1, 0.15) is 22.7 Å². The van der Waals surface area contributed by atoms with Crippen molar-refractivity contribution in [1.29, 1.82) is 0 Å². The van der Waals surface area contributed by atoms with Crippen LogP contribution in [0.3, 0.4) is 0 Å². The van der Waals surface area contributed by atoms with Gasteiger partial charge in [0.2, 0.25) is 5.91 Å². The maximum Gasteiger partial charge on any atom is 0.407 e. The number of phenols is 2. The van der Waals surface area contributed by atoms with Gasteiger partial charge < -0.3 is 30.3 Å². The van der Waals surface area contributed by atoms with Crippen LogP contribution < -0.4 is 10.6 Å². The highest BCUT2D eigenvalue weighted by atomic mass is 16.6. The minimum atomic E-state index is -0.850. The molecule has 162 valence electrons. The lowest BCUT2D eigenvalue weighted by Crippen LogP contribution is -2.33. The first kappa shape index (κ1) is 24.1. The van der Waals surface area contributed by atoms with E-state index in [9.17, 15) is 24.6 Å². The van der Waals surface area contributed by atoms with Crippen molar-refractivity contribution in [3.05, 3.63) is 23.3 Å². The van der Waals surface area contributed by atoms with Gasteiger partial charge in [-0.2, -0.15) is 0 Å². The number of phenolic OH excluding ortho intramolecular Hbond substituents is 2. The van der Waals surface area contributed by atoms with Gasteiger partial charge in [-0.05, 0) is 51.3 Å². The molecule has 0 spiro atoms. The fourth-order valence-electron chi connectivity index (χ4n) is 2.46. The average molecular weight is 410 g/mol. The zero-order valence-corrected chi connectivity index (χ0v) is 17.3. The Morgan fingerprint density at radius 1 is 1.00 bits per heavy atom. The summed E-state index contributed by atoms with van der Waals surface area (Å²) in [5.74, 6) is -1.87. The van der Waals surface area contributed by atoms with Crippen LogP contribution in [-0.2, 0) is 20.8 Å². The van der Waals surface area contributed by atoms with Gasteiger partial charge in [0.05, 0.1) is 7.11 Å². The second-order valence-corrected chi connectivity index (χ2v) is 7.52. The number of benzene rings is 1. The van der Waals surface area contributed by atoms with E-state index in [1.54, 1.807) is 20.8 Å². The number of carbonyl (C=O) groups is 3. The molecule has 29 heavy (non-hydrogen) atoms. The van der Waals surface area contributed by atoms with E-state index >= 15 is 0 Å². The summed E-state index contributed by atoms with van der Waals surface area (Å²) in [5, 5.41) is 25.0. The highest BCUT2D eigenvalue weighted by Crippen LogP contribution is 2.29. The number of nitrogens with one attached hydrogen (secondary N) is 2. The van der Waals surface area contributed by atoms with E-state index in [2.05, 4.69) is 15.4 Å². The molecule has 0 fully saturated rings. The Bertz CT molecular complexity index is 703. The molecule has 0 saturated heterocycles. The molecule has 1 aromatic rings. The van der Waals surface area contributed by atoms with E-state index in [1.807, 2.05) is 0 Å². The van der Waals surface area contributed by atoms with Crippen molar-refractivity contribution in [3.8, 4) is 11.5 Å². The van der Waals surface area contributed by atoms with Crippen molar-refractivity contribution in [2.24, 2.45) is 0 Å². The molecular formula is C20H30N2O7. The molecule has 1 rings (SSSR count). The standard InChI is InChI=1S/C20H30N2O7/c1-20(2,3)29-19(27)21-9-7-5-6-8-16(25)22-12-13-10-14(23)17(15(24)11-13)18(26)28-4/h10-11,23-24H,5-9,12H2,1-4H3,(H,21,27)(H,22,25). The number of alkyl carbamates (subject to hydrolysis) is 1. The van der Waals surface area contributed by atoms with Crippen LogP contribution in [-0.4, -0.2) is 47.4 Å². The molecule has 0 aromatic heterocycles. The predicted molar refractivity (Wildman–Crippen MR) is 106 cm³/mol. The molecule has 0 aliphatic rings.